The van der Waals surface area contributed by atoms with Crippen molar-refractivity contribution in [3.8, 4) is 5.75 Å². The summed E-state index contributed by atoms with van der Waals surface area (Å²) in [6.45, 7) is 4.87. The number of nitrogens with one attached hydrogen (secondary N) is 1. The molecule has 8 heteroatoms. The largest absolute Gasteiger partial charge is 0.489 e. The first-order valence-electron chi connectivity index (χ1n) is 11.6. The number of aromatic nitrogens is 2. The molecule has 0 bridgehead atoms. The minimum Gasteiger partial charge on any atom is -0.489 e. The Bertz CT molecular complexity index is 1410. The number of sulfonamides is 1. The summed E-state index contributed by atoms with van der Waals surface area (Å²) in [5.74, 6) is 0.887. The van der Waals surface area contributed by atoms with Crippen LogP contribution in [0.2, 0.25) is 0 Å². The van der Waals surface area contributed by atoms with Gasteiger partial charge in [-0.3, -0.25) is 4.79 Å². The van der Waals surface area contributed by atoms with Crippen LogP contribution in [-0.2, 0) is 23.2 Å². The van der Waals surface area contributed by atoms with Crippen LogP contribution in [0.1, 0.15) is 47.1 Å². The Morgan fingerprint density at radius 3 is 2.46 bits per heavy atom. The van der Waals surface area contributed by atoms with E-state index in [9.17, 15) is 13.2 Å². The zero-order chi connectivity index (χ0) is 24.8. The third kappa shape index (κ3) is 6.27. The Morgan fingerprint density at radius 2 is 1.74 bits per heavy atom. The van der Waals surface area contributed by atoms with Gasteiger partial charge in [0.2, 0.25) is 10.0 Å². The second-order valence-corrected chi connectivity index (χ2v) is 10.3. The van der Waals surface area contributed by atoms with Crippen molar-refractivity contribution in [3.63, 3.8) is 0 Å². The van der Waals surface area contributed by atoms with Gasteiger partial charge in [-0.1, -0.05) is 55.8 Å². The number of aryl methyl sites for hydroxylation is 1. The minimum absolute atomic E-state index is 0.0699. The van der Waals surface area contributed by atoms with E-state index in [0.717, 1.165) is 40.2 Å². The van der Waals surface area contributed by atoms with Crippen molar-refractivity contribution in [2.75, 3.05) is 5.75 Å². The lowest BCUT2D eigenvalue weighted by molar-refractivity contribution is 0.0981. The molecule has 0 radical (unpaired) electrons. The molecule has 1 amide bonds. The van der Waals surface area contributed by atoms with Crippen LogP contribution in [0.5, 0.6) is 5.75 Å². The monoisotopic (exact) mass is 491 g/mol. The lowest BCUT2D eigenvalue weighted by atomic mass is 10.1. The highest BCUT2D eigenvalue weighted by molar-refractivity contribution is 7.90. The molecule has 35 heavy (non-hydrogen) atoms. The van der Waals surface area contributed by atoms with Crippen molar-refractivity contribution >= 4 is 27.0 Å². The first-order valence-corrected chi connectivity index (χ1v) is 13.3. The van der Waals surface area contributed by atoms with Gasteiger partial charge in [-0.25, -0.2) is 18.1 Å². The van der Waals surface area contributed by atoms with Crippen LogP contribution >= 0.6 is 0 Å². The molecule has 1 aromatic heterocycles. The van der Waals surface area contributed by atoms with Gasteiger partial charge in [0.15, 0.2) is 0 Å². The zero-order valence-electron chi connectivity index (χ0n) is 19.9. The summed E-state index contributed by atoms with van der Waals surface area (Å²) in [7, 11) is -3.66. The van der Waals surface area contributed by atoms with Crippen molar-refractivity contribution in [2.24, 2.45) is 0 Å². The Hall–Kier alpha value is -3.65. The van der Waals surface area contributed by atoms with Gasteiger partial charge in [0, 0.05) is 12.1 Å². The quantitative estimate of drug-likeness (QED) is 0.343. The summed E-state index contributed by atoms with van der Waals surface area (Å²) in [5.41, 5.74) is 3.95. The van der Waals surface area contributed by atoms with Crippen LogP contribution in [0.25, 0.3) is 11.0 Å². The molecule has 0 saturated carbocycles. The van der Waals surface area contributed by atoms with Crippen LogP contribution in [0.4, 0.5) is 0 Å². The average Bonchev–Trinajstić information content (AvgIpc) is 3.16. The number of amides is 1. The number of nitrogens with zero attached hydrogens (tertiary/aromatic N) is 2. The summed E-state index contributed by atoms with van der Waals surface area (Å²) >= 11 is 0. The standard InChI is InChI=1S/C27H29N3O4S/c1-3-4-16-35(32,33)29-27(31)23-12-15-25-26(17-23)30(20(2)28-25)18-21-10-13-24(14-11-21)34-19-22-8-6-5-7-9-22/h5-15,17H,3-4,16,18-19H2,1-2H3,(H,29,31). The van der Waals surface area contributed by atoms with Gasteiger partial charge in [-0.05, 0) is 54.8 Å². The third-order valence-corrected chi connectivity index (χ3v) is 7.05. The highest BCUT2D eigenvalue weighted by Gasteiger charge is 2.17. The van der Waals surface area contributed by atoms with Gasteiger partial charge in [0.25, 0.3) is 5.91 Å². The summed E-state index contributed by atoms with van der Waals surface area (Å²) < 4.78 is 34.3. The number of unbranched alkanes of at least 4 members (excludes halogenated alkanes) is 1. The molecule has 0 aliphatic rings. The second-order valence-electron chi connectivity index (χ2n) is 8.47. The highest BCUT2D eigenvalue weighted by atomic mass is 32.2. The molecule has 0 aliphatic carbocycles. The molecule has 0 saturated heterocycles. The van der Waals surface area contributed by atoms with Gasteiger partial charge < -0.3 is 9.30 Å². The molecule has 0 unspecified atom stereocenters. The molecule has 4 rings (SSSR count). The minimum atomic E-state index is -3.66. The summed E-state index contributed by atoms with van der Waals surface area (Å²) in [6, 6.07) is 22.9. The number of hydrogen-bond acceptors (Lipinski definition) is 5. The smallest absolute Gasteiger partial charge is 0.264 e. The molecule has 182 valence electrons. The van der Waals surface area contributed by atoms with E-state index in [1.807, 2.05) is 73.0 Å². The van der Waals surface area contributed by atoms with E-state index in [1.165, 1.54) is 0 Å². The topological polar surface area (TPSA) is 90.3 Å². The molecule has 1 N–H and O–H groups in total. The van der Waals surface area contributed by atoms with E-state index in [-0.39, 0.29) is 11.3 Å². The maximum absolute atomic E-state index is 12.6. The summed E-state index contributed by atoms with van der Waals surface area (Å²) in [5, 5.41) is 0. The average molecular weight is 492 g/mol. The normalized spacial score (nSPS) is 11.5. The maximum Gasteiger partial charge on any atom is 0.264 e. The Balaban J connectivity index is 1.49. The molecule has 1 heterocycles. The van der Waals surface area contributed by atoms with Gasteiger partial charge in [-0.2, -0.15) is 0 Å². The first kappa shape index (κ1) is 24.5. The zero-order valence-corrected chi connectivity index (χ0v) is 20.7. The predicted octanol–water partition coefficient (Wildman–Crippen LogP) is 4.83. The fourth-order valence-corrected chi connectivity index (χ4v) is 4.96. The van der Waals surface area contributed by atoms with E-state index in [4.69, 9.17) is 4.74 Å². The number of carbonyl (C=O) groups is 1. The van der Waals surface area contributed by atoms with E-state index < -0.39 is 15.9 Å². The number of carbonyl (C=O) groups excluding carboxylic acids is 1. The predicted molar refractivity (Wildman–Crippen MR) is 137 cm³/mol. The van der Waals surface area contributed by atoms with Crippen molar-refractivity contribution in [2.45, 2.75) is 39.8 Å². The lowest BCUT2D eigenvalue weighted by Crippen LogP contribution is -2.32. The number of imidazole rings is 1. The molecule has 4 aromatic rings. The number of benzene rings is 3. The highest BCUT2D eigenvalue weighted by Crippen LogP contribution is 2.21. The first-order chi connectivity index (χ1) is 16.8. The van der Waals surface area contributed by atoms with Crippen molar-refractivity contribution in [1.82, 2.24) is 14.3 Å². The summed E-state index contributed by atoms with van der Waals surface area (Å²) in [4.78, 5) is 17.2. The molecular formula is C27H29N3O4S. The summed E-state index contributed by atoms with van der Waals surface area (Å²) in [6.07, 6.45) is 1.24. The van der Waals surface area contributed by atoms with Crippen LogP contribution in [0.15, 0.2) is 72.8 Å². The molecule has 0 spiro atoms. The van der Waals surface area contributed by atoms with Gasteiger partial charge in [0.05, 0.1) is 16.8 Å². The number of rotatable bonds is 10. The van der Waals surface area contributed by atoms with E-state index in [2.05, 4.69) is 9.71 Å². The fourth-order valence-electron chi connectivity index (χ4n) is 3.78. The van der Waals surface area contributed by atoms with Gasteiger partial charge in [-0.15, -0.1) is 0 Å². The number of hydrogen-bond donors (Lipinski definition) is 1. The molecule has 3 aromatic carbocycles. The Kier molecular flexibility index (Phi) is 7.51. The van der Waals surface area contributed by atoms with E-state index in [1.54, 1.807) is 18.2 Å². The molecule has 0 atom stereocenters. The van der Waals surface area contributed by atoms with E-state index >= 15 is 0 Å². The maximum atomic E-state index is 12.6. The number of fused-ring (bicyclic) bond motifs is 1. The van der Waals surface area contributed by atoms with Crippen LogP contribution in [0.3, 0.4) is 0 Å². The van der Waals surface area contributed by atoms with Crippen LogP contribution in [0, 0.1) is 6.92 Å². The molecular weight excluding hydrogens is 462 g/mol. The van der Waals surface area contributed by atoms with Gasteiger partial charge >= 0.3 is 0 Å². The van der Waals surface area contributed by atoms with Gasteiger partial charge in [0.1, 0.15) is 18.2 Å². The number of ether oxygens (including phenoxy) is 1. The molecule has 0 aliphatic heterocycles. The lowest BCUT2D eigenvalue weighted by Gasteiger charge is -2.10. The Labute approximate surface area is 205 Å². The van der Waals surface area contributed by atoms with Crippen molar-refractivity contribution in [1.29, 1.82) is 0 Å². The fraction of sp³-hybridized carbons (Fsp3) is 0.259. The molecule has 0 fully saturated rings. The molecule has 7 nitrogen and oxygen atoms in total. The van der Waals surface area contributed by atoms with Crippen LogP contribution in [-0.4, -0.2) is 29.6 Å². The van der Waals surface area contributed by atoms with Crippen molar-refractivity contribution < 1.29 is 17.9 Å². The Morgan fingerprint density at radius 1 is 1.00 bits per heavy atom. The van der Waals surface area contributed by atoms with E-state index in [0.29, 0.717) is 19.6 Å². The van der Waals surface area contributed by atoms with Crippen molar-refractivity contribution in [3.05, 3.63) is 95.3 Å². The third-order valence-electron chi connectivity index (χ3n) is 5.73. The second kappa shape index (κ2) is 10.7. The van der Waals surface area contributed by atoms with Crippen LogP contribution < -0.4 is 9.46 Å². The SMILES string of the molecule is CCCCS(=O)(=O)NC(=O)c1ccc2nc(C)n(Cc3ccc(OCc4ccccc4)cc3)c2c1.